The molecule has 4 N–H and O–H groups in total. The Hall–Kier alpha value is -3.42. The van der Waals surface area contributed by atoms with Gasteiger partial charge in [-0.25, -0.2) is 0 Å². The van der Waals surface area contributed by atoms with E-state index in [1.165, 1.54) is 0 Å². The summed E-state index contributed by atoms with van der Waals surface area (Å²) in [5.41, 5.74) is -14.1. The minimum absolute atomic E-state index is 0.487. The van der Waals surface area contributed by atoms with Crippen LogP contribution in [-0.4, -0.2) is 57.7 Å². The molecule has 5 rings (SSSR count). The van der Waals surface area contributed by atoms with Crippen LogP contribution in [0.4, 0.5) is 26.3 Å². The van der Waals surface area contributed by atoms with Crippen molar-refractivity contribution in [2.24, 2.45) is 0 Å². The molecule has 0 aromatic carbocycles. The fraction of sp³-hybridized carbons (Fsp3) is 0.286. The van der Waals surface area contributed by atoms with Crippen LogP contribution in [0.25, 0.3) is 0 Å². The zero-order valence-corrected chi connectivity index (χ0v) is 17.2. The van der Waals surface area contributed by atoms with E-state index in [0.29, 0.717) is 0 Å². The van der Waals surface area contributed by atoms with Gasteiger partial charge < -0.3 is 20.4 Å². The first kappa shape index (κ1) is 23.7. The molecule has 2 aromatic heterocycles. The van der Waals surface area contributed by atoms with Crippen molar-refractivity contribution in [1.82, 2.24) is 9.46 Å². The van der Waals surface area contributed by atoms with Gasteiger partial charge in [0.1, 0.15) is 0 Å². The Labute approximate surface area is 183 Å². The normalized spacial score (nSPS) is 19.7. The molecule has 2 bridgehead atoms. The van der Waals surface area contributed by atoms with E-state index in [-0.39, 0.29) is 0 Å². The van der Waals surface area contributed by atoms with Gasteiger partial charge in [-0.15, -0.1) is 0 Å². The lowest BCUT2D eigenvalue weighted by atomic mass is 9.70. The molecule has 0 saturated heterocycles. The highest BCUT2D eigenvalue weighted by Crippen LogP contribution is 2.60. The van der Waals surface area contributed by atoms with E-state index >= 15 is 0 Å². The Morgan fingerprint density at radius 1 is 0.618 bits per heavy atom. The molecule has 2 aromatic rings. The van der Waals surface area contributed by atoms with Crippen LogP contribution in [0.3, 0.4) is 0 Å². The molecule has 188 valence electrons. The van der Waals surface area contributed by atoms with E-state index < -0.39 is 98.3 Å². The second-order valence-electron chi connectivity index (χ2n) is 6.83. The van der Waals surface area contributed by atoms with Crippen LogP contribution < -0.4 is 8.57 Å². The third-order valence-electron chi connectivity index (χ3n) is 4.97. The van der Waals surface area contributed by atoms with Crippen LogP contribution in [-0.2, 0) is 20.2 Å². The molecule has 2 heterocycles. The smallest absolute Gasteiger partial charge is 0.492 e. The summed E-state index contributed by atoms with van der Waals surface area (Å²) in [4.78, 5) is 0. The largest absolute Gasteiger partial charge is 0.536 e. The highest BCUT2D eigenvalue weighted by atomic mass is 32.2. The molecule has 0 atom stereocenters. The molecule has 0 aliphatic heterocycles. The van der Waals surface area contributed by atoms with E-state index in [4.69, 9.17) is 0 Å². The van der Waals surface area contributed by atoms with Gasteiger partial charge in [0.2, 0.25) is 23.5 Å². The minimum Gasteiger partial charge on any atom is -0.492 e. The number of allylic oxidation sites excluding steroid dienone is 2. The molecule has 20 heteroatoms. The summed E-state index contributed by atoms with van der Waals surface area (Å²) in [6.45, 7) is 0. The molecular weight excluding hydrogens is 534 g/mol. The van der Waals surface area contributed by atoms with Crippen molar-refractivity contribution < 1.29 is 72.2 Å². The number of nitrogens with zero attached hydrogens (tertiary/aromatic N) is 2. The SMILES string of the molecule is O=S(=O)(On1c(O)c2c(c1O)C1C=CC2c2c1c(O)n(OS(=O)(=O)C(F)(F)F)c2O)C(F)(F)F. The summed E-state index contributed by atoms with van der Waals surface area (Å²) in [5.74, 6) is -8.68. The number of alkyl halides is 6. The maximum atomic E-state index is 12.7. The summed E-state index contributed by atoms with van der Waals surface area (Å²) < 4.78 is 128. The van der Waals surface area contributed by atoms with Crippen LogP contribution in [0.15, 0.2) is 12.2 Å². The molecular formula is C14H8F6N2O10S2. The predicted molar refractivity (Wildman–Crippen MR) is 91.5 cm³/mol. The number of rotatable bonds is 4. The number of aromatic hydroxyl groups is 4. The van der Waals surface area contributed by atoms with Crippen LogP contribution in [0.1, 0.15) is 34.1 Å². The van der Waals surface area contributed by atoms with Crippen LogP contribution in [0.5, 0.6) is 23.5 Å². The van der Waals surface area contributed by atoms with E-state index in [9.17, 15) is 63.6 Å². The van der Waals surface area contributed by atoms with Gasteiger partial charge in [0, 0.05) is 34.1 Å². The van der Waals surface area contributed by atoms with Crippen molar-refractivity contribution in [3.05, 3.63) is 34.4 Å². The highest BCUT2D eigenvalue weighted by Gasteiger charge is 2.53. The quantitative estimate of drug-likeness (QED) is 0.246. The van der Waals surface area contributed by atoms with Crippen molar-refractivity contribution >= 4 is 20.2 Å². The standard InChI is InChI=1S/C14H8F6N2O10S2/c15-13(16,17)33(27,28)31-21-9(23)5-3-1-2-4(7(5)11(21)25)8-6(3)10(24)22(12(8)26)32-34(29,30)14(18,19)20/h1-4,23-26H. The fourth-order valence-corrected chi connectivity index (χ4v) is 4.51. The van der Waals surface area contributed by atoms with Gasteiger partial charge >= 0.3 is 31.3 Å². The van der Waals surface area contributed by atoms with Gasteiger partial charge in [0.25, 0.3) is 0 Å². The van der Waals surface area contributed by atoms with Gasteiger partial charge in [0.05, 0.1) is 0 Å². The zero-order valence-electron chi connectivity index (χ0n) is 15.5. The fourth-order valence-electron chi connectivity index (χ4n) is 3.66. The van der Waals surface area contributed by atoms with Crippen LogP contribution in [0, 0.1) is 0 Å². The first-order valence-electron chi connectivity index (χ1n) is 8.35. The minimum atomic E-state index is -6.39. The zero-order chi connectivity index (χ0) is 25.8. The maximum absolute atomic E-state index is 12.7. The molecule has 3 aliphatic rings. The Kier molecular flexibility index (Phi) is 4.59. The highest BCUT2D eigenvalue weighted by molar-refractivity contribution is 7.88. The summed E-state index contributed by atoms with van der Waals surface area (Å²) in [5, 5.41) is 41.1. The van der Waals surface area contributed by atoms with E-state index in [1.54, 1.807) is 0 Å². The summed E-state index contributed by atoms with van der Waals surface area (Å²) in [6, 6.07) is 0. The maximum Gasteiger partial charge on any atom is 0.536 e. The van der Waals surface area contributed by atoms with E-state index in [1.807, 2.05) is 0 Å². The van der Waals surface area contributed by atoms with Gasteiger partial charge in [-0.05, 0) is 0 Å². The van der Waals surface area contributed by atoms with Gasteiger partial charge in [0.15, 0.2) is 0 Å². The topological polar surface area (TPSA) is 178 Å². The Morgan fingerprint density at radius 2 is 0.853 bits per heavy atom. The lowest BCUT2D eigenvalue weighted by molar-refractivity contribution is -0.0559. The van der Waals surface area contributed by atoms with Gasteiger partial charge in [-0.1, -0.05) is 21.6 Å². The first-order chi connectivity index (χ1) is 15.3. The van der Waals surface area contributed by atoms with Gasteiger partial charge in [-0.2, -0.15) is 43.2 Å². The van der Waals surface area contributed by atoms with Gasteiger partial charge in [-0.3, -0.25) is 8.57 Å². The molecule has 0 fully saturated rings. The average molecular weight is 542 g/mol. The summed E-state index contributed by atoms with van der Waals surface area (Å²) in [7, 11) is -12.8. The van der Waals surface area contributed by atoms with Crippen molar-refractivity contribution in [3.8, 4) is 23.5 Å². The Balaban J connectivity index is 1.87. The second kappa shape index (κ2) is 6.58. The van der Waals surface area contributed by atoms with Crippen LogP contribution >= 0.6 is 0 Å². The monoisotopic (exact) mass is 542 g/mol. The molecule has 0 unspecified atom stereocenters. The summed E-state index contributed by atoms with van der Waals surface area (Å²) in [6.07, 6.45) is 2.22. The third kappa shape index (κ3) is 2.97. The molecule has 0 saturated carbocycles. The lowest BCUT2D eigenvalue weighted by Gasteiger charge is -2.30. The second-order valence-corrected chi connectivity index (χ2v) is 9.87. The van der Waals surface area contributed by atoms with Crippen molar-refractivity contribution in [2.75, 3.05) is 0 Å². The van der Waals surface area contributed by atoms with Crippen molar-refractivity contribution in [2.45, 2.75) is 22.9 Å². The lowest BCUT2D eigenvalue weighted by Crippen LogP contribution is -2.33. The molecule has 34 heavy (non-hydrogen) atoms. The molecule has 12 nitrogen and oxygen atoms in total. The van der Waals surface area contributed by atoms with Crippen molar-refractivity contribution in [3.63, 3.8) is 0 Å². The number of hydrogen-bond donors (Lipinski definition) is 4. The number of aromatic nitrogens is 2. The van der Waals surface area contributed by atoms with E-state index in [2.05, 4.69) is 8.57 Å². The number of halogens is 6. The predicted octanol–water partition coefficient (Wildman–Crippen LogP) is 0.815. The summed E-state index contributed by atoms with van der Waals surface area (Å²) >= 11 is 0. The molecule has 0 spiro atoms. The van der Waals surface area contributed by atoms with E-state index in [0.717, 1.165) is 12.2 Å². The van der Waals surface area contributed by atoms with Crippen molar-refractivity contribution in [1.29, 1.82) is 0 Å². The number of hydrogen-bond acceptors (Lipinski definition) is 10. The average Bonchev–Trinajstić information content (AvgIpc) is 3.09. The molecule has 3 aliphatic carbocycles. The Bertz CT molecular complexity index is 1300. The Morgan fingerprint density at radius 3 is 1.06 bits per heavy atom. The van der Waals surface area contributed by atoms with Crippen LogP contribution in [0.2, 0.25) is 0 Å². The third-order valence-corrected chi connectivity index (χ3v) is 6.79. The first-order valence-corrected chi connectivity index (χ1v) is 11.2. The molecule has 0 radical (unpaired) electrons. The molecule has 0 amide bonds.